The van der Waals surface area contributed by atoms with Crippen molar-refractivity contribution in [1.82, 2.24) is 9.97 Å². The Bertz CT molecular complexity index is 1170. The molecule has 1 N–H and O–H groups in total. The molecule has 0 aliphatic heterocycles. The molecule has 5 nitrogen and oxygen atoms in total. The van der Waals surface area contributed by atoms with Gasteiger partial charge in [-0.05, 0) is 66.5 Å². The van der Waals surface area contributed by atoms with E-state index in [1.54, 1.807) is 6.20 Å². The van der Waals surface area contributed by atoms with Crippen molar-refractivity contribution in [3.63, 3.8) is 0 Å². The van der Waals surface area contributed by atoms with Gasteiger partial charge in [0.15, 0.2) is 0 Å². The van der Waals surface area contributed by atoms with Gasteiger partial charge in [-0.2, -0.15) is 5.26 Å². The van der Waals surface area contributed by atoms with Gasteiger partial charge < -0.3 is 5.32 Å². The van der Waals surface area contributed by atoms with E-state index in [0.29, 0.717) is 16.5 Å². The van der Waals surface area contributed by atoms with E-state index in [9.17, 15) is 10.1 Å². The van der Waals surface area contributed by atoms with Gasteiger partial charge in [-0.1, -0.05) is 38.6 Å². The zero-order valence-electron chi connectivity index (χ0n) is 18.1. The maximum atomic E-state index is 12.6. The molecule has 1 aliphatic carbocycles. The smallest absolute Gasteiger partial charge is 0.234 e. The van der Waals surface area contributed by atoms with Crippen molar-refractivity contribution in [3.8, 4) is 6.07 Å². The molecule has 6 heteroatoms. The minimum absolute atomic E-state index is 0.127. The summed E-state index contributed by atoms with van der Waals surface area (Å²) in [5, 5.41) is 14.2. The molecule has 0 spiro atoms. The Kier molecular flexibility index (Phi) is 5.97. The summed E-state index contributed by atoms with van der Waals surface area (Å²) in [6.45, 7) is 6.82. The maximum Gasteiger partial charge on any atom is 0.234 e. The quantitative estimate of drug-likeness (QED) is 0.562. The highest BCUT2D eigenvalue weighted by molar-refractivity contribution is 8.00. The Morgan fingerprint density at radius 1 is 1.29 bits per heavy atom. The molecule has 0 radical (unpaired) electrons. The zero-order valence-corrected chi connectivity index (χ0v) is 18.9. The molecule has 3 aromatic rings. The van der Waals surface area contributed by atoms with E-state index in [2.05, 4.69) is 37.1 Å². The molecule has 1 amide bonds. The average molecular weight is 431 g/mol. The van der Waals surface area contributed by atoms with E-state index in [1.165, 1.54) is 17.3 Å². The largest absolute Gasteiger partial charge is 0.325 e. The number of fused-ring (bicyclic) bond motifs is 2. The minimum atomic E-state index is -0.127. The summed E-state index contributed by atoms with van der Waals surface area (Å²) < 4.78 is 0. The summed E-state index contributed by atoms with van der Waals surface area (Å²) in [5.74, 6) is 0.659. The van der Waals surface area contributed by atoms with Crippen molar-refractivity contribution < 1.29 is 4.79 Å². The van der Waals surface area contributed by atoms with Gasteiger partial charge in [0.2, 0.25) is 5.91 Å². The standard InChI is InChI=1S/C25H26N4OS/c1-25(2,3)18-9-10-20-16(13-18)12-17(14-26)24(29-20)31-15-23(30)28-22-8-4-7-21-19(22)6-5-11-27-21/h4-8,11-12,18H,9-10,13,15H2,1-3H3,(H,28,30)/t18-/m1/s1. The molecule has 158 valence electrons. The number of carbonyl (C=O) groups excluding carboxylic acids is 1. The van der Waals surface area contributed by atoms with Crippen LogP contribution >= 0.6 is 11.8 Å². The normalized spacial score (nSPS) is 15.9. The van der Waals surface area contributed by atoms with Gasteiger partial charge in [0, 0.05) is 17.3 Å². The first-order valence-electron chi connectivity index (χ1n) is 10.5. The number of pyridine rings is 2. The highest BCUT2D eigenvalue weighted by atomic mass is 32.2. The third kappa shape index (κ3) is 4.72. The second-order valence-electron chi connectivity index (χ2n) is 9.08. The summed E-state index contributed by atoms with van der Waals surface area (Å²) in [6.07, 6.45) is 4.72. The first-order chi connectivity index (χ1) is 14.8. The number of rotatable bonds is 4. The Morgan fingerprint density at radius 3 is 2.90 bits per heavy atom. The molecule has 0 saturated carbocycles. The van der Waals surface area contributed by atoms with Crippen molar-refractivity contribution in [3.05, 3.63) is 59.4 Å². The van der Waals surface area contributed by atoms with Crippen LogP contribution in [0.15, 0.2) is 47.6 Å². The second-order valence-corrected chi connectivity index (χ2v) is 10.0. The Balaban J connectivity index is 1.47. The molecule has 4 rings (SSSR count). The van der Waals surface area contributed by atoms with E-state index in [0.717, 1.165) is 41.5 Å². The SMILES string of the molecule is CC(C)(C)[C@@H]1CCc2nc(SCC(=O)Nc3cccc4ncccc34)c(C#N)cc2C1. The van der Waals surface area contributed by atoms with Crippen molar-refractivity contribution in [2.24, 2.45) is 11.3 Å². The number of anilines is 1. The number of aryl methyl sites for hydroxylation is 1. The molecule has 2 aromatic heterocycles. The summed E-state index contributed by atoms with van der Waals surface area (Å²) in [5.41, 5.74) is 4.63. The fourth-order valence-electron chi connectivity index (χ4n) is 4.11. The summed E-state index contributed by atoms with van der Waals surface area (Å²) in [6, 6.07) is 13.7. The third-order valence-corrected chi connectivity index (χ3v) is 6.95. The lowest BCUT2D eigenvalue weighted by molar-refractivity contribution is -0.113. The van der Waals surface area contributed by atoms with E-state index in [1.807, 2.05) is 36.4 Å². The molecule has 0 fully saturated rings. The van der Waals surface area contributed by atoms with Crippen molar-refractivity contribution >= 4 is 34.3 Å². The summed E-state index contributed by atoms with van der Waals surface area (Å²) in [7, 11) is 0. The summed E-state index contributed by atoms with van der Waals surface area (Å²) >= 11 is 1.32. The van der Waals surface area contributed by atoms with Crippen LogP contribution < -0.4 is 5.32 Å². The Labute approximate surface area is 187 Å². The van der Waals surface area contributed by atoms with Gasteiger partial charge in [-0.25, -0.2) is 4.98 Å². The summed E-state index contributed by atoms with van der Waals surface area (Å²) in [4.78, 5) is 21.7. The van der Waals surface area contributed by atoms with Crippen LogP contribution in [0, 0.1) is 22.7 Å². The van der Waals surface area contributed by atoms with Gasteiger partial charge in [-0.3, -0.25) is 9.78 Å². The molecule has 1 aromatic carbocycles. The van der Waals surface area contributed by atoms with E-state index < -0.39 is 0 Å². The predicted molar refractivity (Wildman–Crippen MR) is 125 cm³/mol. The van der Waals surface area contributed by atoms with Gasteiger partial charge in [0.05, 0.1) is 22.5 Å². The molecule has 31 heavy (non-hydrogen) atoms. The van der Waals surface area contributed by atoms with Crippen LogP contribution in [-0.4, -0.2) is 21.6 Å². The van der Waals surface area contributed by atoms with Crippen molar-refractivity contribution in [2.45, 2.75) is 45.1 Å². The molecular weight excluding hydrogens is 404 g/mol. The molecule has 1 atom stereocenters. The molecule has 0 bridgehead atoms. The van der Waals surface area contributed by atoms with Crippen LogP contribution in [0.3, 0.4) is 0 Å². The van der Waals surface area contributed by atoms with Gasteiger partial charge >= 0.3 is 0 Å². The van der Waals surface area contributed by atoms with E-state index >= 15 is 0 Å². The number of thioether (sulfide) groups is 1. The predicted octanol–water partition coefficient (Wildman–Crippen LogP) is 5.38. The molecule has 0 saturated heterocycles. The number of nitrogens with one attached hydrogen (secondary N) is 1. The molecular formula is C25H26N4OS. The van der Waals surface area contributed by atoms with Crippen molar-refractivity contribution in [2.75, 3.05) is 11.1 Å². The molecule has 1 aliphatic rings. The molecule has 2 heterocycles. The Hall–Kier alpha value is -2.91. The topological polar surface area (TPSA) is 78.7 Å². The minimum Gasteiger partial charge on any atom is -0.325 e. The number of amides is 1. The number of aromatic nitrogens is 2. The van der Waals surface area contributed by atoms with Crippen molar-refractivity contribution in [1.29, 1.82) is 5.26 Å². The van der Waals surface area contributed by atoms with Crippen LogP contribution in [0.5, 0.6) is 0 Å². The Morgan fingerprint density at radius 2 is 2.13 bits per heavy atom. The zero-order chi connectivity index (χ0) is 22.0. The number of carbonyl (C=O) groups is 1. The number of benzene rings is 1. The van der Waals surface area contributed by atoms with Crippen LogP contribution in [0.25, 0.3) is 10.9 Å². The lowest BCUT2D eigenvalue weighted by Gasteiger charge is -2.34. The van der Waals surface area contributed by atoms with Crippen LogP contribution in [0.2, 0.25) is 0 Å². The van der Waals surface area contributed by atoms with Gasteiger partial charge in [0.1, 0.15) is 11.1 Å². The first-order valence-corrected chi connectivity index (χ1v) is 11.5. The maximum absolute atomic E-state index is 12.6. The van der Waals surface area contributed by atoms with Crippen LogP contribution in [-0.2, 0) is 17.6 Å². The molecule has 0 unspecified atom stereocenters. The lowest BCUT2D eigenvalue weighted by atomic mass is 9.71. The fraction of sp³-hybridized carbons (Fsp3) is 0.360. The van der Waals surface area contributed by atoms with E-state index in [-0.39, 0.29) is 17.1 Å². The van der Waals surface area contributed by atoms with Gasteiger partial charge in [-0.15, -0.1) is 0 Å². The second kappa shape index (κ2) is 8.68. The average Bonchev–Trinajstić information content (AvgIpc) is 2.76. The number of hydrogen-bond acceptors (Lipinski definition) is 5. The van der Waals surface area contributed by atoms with Crippen LogP contribution in [0.4, 0.5) is 5.69 Å². The fourth-order valence-corrected chi connectivity index (χ4v) is 4.88. The highest BCUT2D eigenvalue weighted by Crippen LogP contribution is 2.38. The van der Waals surface area contributed by atoms with E-state index in [4.69, 9.17) is 4.98 Å². The van der Waals surface area contributed by atoms with Crippen LogP contribution in [0.1, 0.15) is 44.0 Å². The lowest BCUT2D eigenvalue weighted by Crippen LogP contribution is -2.27. The number of nitrogens with zero attached hydrogens (tertiary/aromatic N) is 3. The third-order valence-electron chi connectivity index (χ3n) is 5.96. The first kappa shape index (κ1) is 21.3. The monoisotopic (exact) mass is 430 g/mol. The number of nitriles is 1. The van der Waals surface area contributed by atoms with Gasteiger partial charge in [0.25, 0.3) is 0 Å². The highest BCUT2D eigenvalue weighted by Gasteiger charge is 2.30. The number of hydrogen-bond donors (Lipinski definition) is 1.